The number of amides is 1. The van der Waals surface area contributed by atoms with E-state index >= 15 is 0 Å². The molecule has 4 aromatic rings. The molecule has 3 N–H and O–H groups in total. The van der Waals surface area contributed by atoms with E-state index in [9.17, 15) is 14.7 Å². The van der Waals surface area contributed by atoms with Gasteiger partial charge in [-0.1, -0.05) is 59.1 Å². The molecule has 2 aromatic heterocycles. The standard InChI is InChI=1S/C25H18Cl3N5O3/c26-17-7-5-15(6-8-17)20-9-10-30-25(31-20)32-21(24(35)36)11-14-1-3-16(4-2-14)23(34)33-22-18(27)12-29-13-19(22)28/h1-10,12-13,21H,11H2,(H,35,36)(H,29,33,34)(H,30,31,32). The Bertz CT molecular complexity index is 1380. The van der Waals surface area contributed by atoms with E-state index in [1.165, 1.54) is 12.4 Å². The normalized spacial score (nSPS) is 11.5. The van der Waals surface area contributed by atoms with Gasteiger partial charge in [0.2, 0.25) is 5.95 Å². The molecule has 0 aliphatic carbocycles. The van der Waals surface area contributed by atoms with Crippen molar-refractivity contribution in [3.8, 4) is 11.3 Å². The summed E-state index contributed by atoms with van der Waals surface area (Å²) in [7, 11) is 0. The molecule has 2 aromatic carbocycles. The van der Waals surface area contributed by atoms with Gasteiger partial charge in [0.15, 0.2) is 0 Å². The van der Waals surface area contributed by atoms with Crippen LogP contribution in [0.5, 0.6) is 0 Å². The van der Waals surface area contributed by atoms with E-state index in [1.54, 1.807) is 48.7 Å². The van der Waals surface area contributed by atoms with E-state index in [0.717, 1.165) is 5.56 Å². The number of pyridine rings is 1. The van der Waals surface area contributed by atoms with Gasteiger partial charge in [-0.3, -0.25) is 9.78 Å². The van der Waals surface area contributed by atoms with Crippen LogP contribution >= 0.6 is 34.8 Å². The summed E-state index contributed by atoms with van der Waals surface area (Å²) in [6.07, 6.45) is 4.43. The Morgan fingerprint density at radius 1 is 0.917 bits per heavy atom. The fourth-order valence-electron chi connectivity index (χ4n) is 3.31. The van der Waals surface area contributed by atoms with Crippen molar-refractivity contribution in [2.75, 3.05) is 10.6 Å². The van der Waals surface area contributed by atoms with Crippen LogP contribution in [0.15, 0.2) is 73.2 Å². The number of rotatable bonds is 8. The average Bonchev–Trinajstić information content (AvgIpc) is 2.87. The number of benzene rings is 2. The van der Waals surface area contributed by atoms with Gasteiger partial charge in [0.1, 0.15) is 6.04 Å². The minimum absolute atomic E-state index is 0.133. The monoisotopic (exact) mass is 541 g/mol. The quantitative estimate of drug-likeness (QED) is 0.255. The van der Waals surface area contributed by atoms with Gasteiger partial charge in [-0.15, -0.1) is 0 Å². The first-order valence-electron chi connectivity index (χ1n) is 10.6. The molecule has 4 rings (SSSR count). The maximum atomic E-state index is 12.6. The van der Waals surface area contributed by atoms with E-state index in [-0.39, 0.29) is 28.1 Å². The Kier molecular flexibility index (Phi) is 8.00. The lowest BCUT2D eigenvalue weighted by Gasteiger charge is -2.15. The molecule has 2 heterocycles. The van der Waals surface area contributed by atoms with E-state index in [2.05, 4.69) is 25.6 Å². The molecule has 182 valence electrons. The van der Waals surface area contributed by atoms with Crippen LogP contribution < -0.4 is 10.6 Å². The zero-order valence-electron chi connectivity index (χ0n) is 18.5. The third-order valence-corrected chi connectivity index (χ3v) is 5.97. The number of carbonyl (C=O) groups excluding carboxylic acids is 1. The second kappa shape index (κ2) is 11.3. The van der Waals surface area contributed by atoms with Gasteiger partial charge in [0.25, 0.3) is 5.91 Å². The molecule has 1 unspecified atom stereocenters. The van der Waals surface area contributed by atoms with Crippen molar-refractivity contribution in [2.45, 2.75) is 12.5 Å². The summed E-state index contributed by atoms with van der Waals surface area (Å²) in [5.41, 5.74) is 2.75. The van der Waals surface area contributed by atoms with E-state index in [1.807, 2.05) is 12.1 Å². The van der Waals surface area contributed by atoms with Gasteiger partial charge < -0.3 is 15.7 Å². The highest BCUT2D eigenvalue weighted by Gasteiger charge is 2.20. The molecule has 0 aliphatic rings. The summed E-state index contributed by atoms with van der Waals surface area (Å²) in [5.74, 6) is -1.31. The predicted octanol–water partition coefficient (Wildman–Crippen LogP) is 5.86. The van der Waals surface area contributed by atoms with Crippen LogP contribution in [0.2, 0.25) is 15.1 Å². The number of aromatic nitrogens is 3. The SMILES string of the molecule is O=C(Nc1c(Cl)cncc1Cl)c1ccc(CC(Nc2nccc(-c3ccc(Cl)cc3)n2)C(=O)O)cc1. The van der Waals surface area contributed by atoms with Crippen molar-refractivity contribution >= 4 is 58.3 Å². The molecule has 1 atom stereocenters. The lowest BCUT2D eigenvalue weighted by molar-refractivity contribution is -0.137. The fourth-order valence-corrected chi connectivity index (χ4v) is 3.90. The number of carbonyl (C=O) groups is 2. The molecule has 0 saturated heterocycles. The first-order valence-corrected chi connectivity index (χ1v) is 11.7. The zero-order valence-corrected chi connectivity index (χ0v) is 20.7. The molecule has 11 heteroatoms. The summed E-state index contributed by atoms with van der Waals surface area (Å²) < 4.78 is 0. The highest BCUT2D eigenvalue weighted by molar-refractivity contribution is 6.39. The largest absolute Gasteiger partial charge is 0.480 e. The van der Waals surface area contributed by atoms with E-state index in [0.29, 0.717) is 21.8 Å². The predicted molar refractivity (Wildman–Crippen MR) is 140 cm³/mol. The summed E-state index contributed by atoms with van der Waals surface area (Å²) in [5, 5.41) is 16.3. The average molecular weight is 543 g/mol. The van der Waals surface area contributed by atoms with Gasteiger partial charge >= 0.3 is 5.97 Å². The van der Waals surface area contributed by atoms with Gasteiger partial charge in [0.05, 0.1) is 21.4 Å². The summed E-state index contributed by atoms with van der Waals surface area (Å²) >= 11 is 18.0. The fraction of sp³-hybridized carbons (Fsp3) is 0.0800. The van der Waals surface area contributed by atoms with Crippen LogP contribution in [0.25, 0.3) is 11.3 Å². The molecule has 0 fully saturated rings. The lowest BCUT2D eigenvalue weighted by atomic mass is 10.0. The van der Waals surface area contributed by atoms with Gasteiger partial charge in [0, 0.05) is 41.2 Å². The Balaban J connectivity index is 1.45. The first-order chi connectivity index (χ1) is 17.3. The maximum absolute atomic E-state index is 12.6. The Morgan fingerprint density at radius 3 is 2.22 bits per heavy atom. The second-order valence-electron chi connectivity index (χ2n) is 7.64. The molecule has 0 radical (unpaired) electrons. The van der Waals surface area contributed by atoms with Crippen molar-refractivity contribution < 1.29 is 14.7 Å². The number of carboxylic acid groups (broad SMARTS) is 1. The number of hydrogen-bond acceptors (Lipinski definition) is 6. The number of hydrogen-bond donors (Lipinski definition) is 3. The number of nitrogens with one attached hydrogen (secondary N) is 2. The molecular weight excluding hydrogens is 525 g/mol. The minimum Gasteiger partial charge on any atom is -0.480 e. The number of aliphatic carboxylic acids is 1. The molecule has 8 nitrogen and oxygen atoms in total. The molecule has 0 saturated carbocycles. The van der Waals surface area contributed by atoms with Crippen LogP contribution in [0.4, 0.5) is 11.6 Å². The Labute approximate surface area is 221 Å². The summed E-state index contributed by atoms with van der Waals surface area (Å²) in [6, 6.07) is 14.4. The molecule has 36 heavy (non-hydrogen) atoms. The Hall–Kier alpha value is -3.72. The van der Waals surface area contributed by atoms with Crippen molar-refractivity contribution in [1.29, 1.82) is 0 Å². The van der Waals surface area contributed by atoms with Crippen molar-refractivity contribution in [3.63, 3.8) is 0 Å². The molecule has 1 amide bonds. The number of halogens is 3. The highest BCUT2D eigenvalue weighted by atomic mass is 35.5. The third-order valence-electron chi connectivity index (χ3n) is 5.14. The van der Waals surface area contributed by atoms with E-state index < -0.39 is 17.9 Å². The van der Waals surface area contributed by atoms with Crippen molar-refractivity contribution in [2.24, 2.45) is 0 Å². The maximum Gasteiger partial charge on any atom is 0.326 e. The number of anilines is 2. The third kappa shape index (κ3) is 6.28. The van der Waals surface area contributed by atoms with E-state index in [4.69, 9.17) is 34.8 Å². The summed E-state index contributed by atoms with van der Waals surface area (Å²) in [6.45, 7) is 0. The number of nitrogens with zero attached hydrogens (tertiary/aromatic N) is 3. The molecule has 0 bridgehead atoms. The first kappa shape index (κ1) is 25.4. The van der Waals surface area contributed by atoms with Crippen molar-refractivity contribution in [3.05, 3.63) is 99.4 Å². The molecular formula is C25H18Cl3N5O3. The van der Waals surface area contributed by atoms with Crippen LogP contribution in [0, 0.1) is 0 Å². The van der Waals surface area contributed by atoms with Crippen LogP contribution in [-0.4, -0.2) is 38.0 Å². The highest BCUT2D eigenvalue weighted by Crippen LogP contribution is 2.29. The Morgan fingerprint density at radius 2 is 1.58 bits per heavy atom. The van der Waals surface area contributed by atoms with Crippen molar-refractivity contribution in [1.82, 2.24) is 15.0 Å². The van der Waals surface area contributed by atoms with Crippen LogP contribution in [0.3, 0.4) is 0 Å². The van der Waals surface area contributed by atoms with Gasteiger partial charge in [-0.05, 0) is 35.9 Å². The molecule has 0 spiro atoms. The smallest absolute Gasteiger partial charge is 0.326 e. The van der Waals surface area contributed by atoms with Crippen LogP contribution in [-0.2, 0) is 11.2 Å². The van der Waals surface area contributed by atoms with Gasteiger partial charge in [-0.2, -0.15) is 0 Å². The van der Waals surface area contributed by atoms with Gasteiger partial charge in [-0.25, -0.2) is 14.8 Å². The zero-order chi connectivity index (χ0) is 25.7. The molecule has 0 aliphatic heterocycles. The minimum atomic E-state index is -1.07. The topological polar surface area (TPSA) is 117 Å². The lowest BCUT2D eigenvalue weighted by Crippen LogP contribution is -2.32. The van der Waals surface area contributed by atoms with Crippen LogP contribution in [0.1, 0.15) is 15.9 Å². The number of carboxylic acids is 1. The summed E-state index contributed by atoms with van der Waals surface area (Å²) in [4.78, 5) is 36.9. The second-order valence-corrected chi connectivity index (χ2v) is 8.89.